The number of anilines is 1. The van der Waals surface area contributed by atoms with Crippen molar-refractivity contribution in [2.75, 3.05) is 18.2 Å². The Morgan fingerprint density at radius 2 is 2.04 bits per heavy atom. The maximum Gasteiger partial charge on any atom is 0.293 e. The molecule has 2 rings (SSSR count). The van der Waals surface area contributed by atoms with Crippen molar-refractivity contribution >= 4 is 32.5 Å². The van der Waals surface area contributed by atoms with Gasteiger partial charge < -0.3 is 4.90 Å². The fourth-order valence-electron chi connectivity index (χ4n) is 2.30. The number of thiophene rings is 1. The second-order valence-electron chi connectivity index (χ2n) is 5.48. The van der Waals surface area contributed by atoms with Gasteiger partial charge >= 0.3 is 0 Å². The van der Waals surface area contributed by atoms with E-state index in [1.54, 1.807) is 18.4 Å². The molecule has 0 fully saturated rings. The topological polar surface area (TPSA) is 80.5 Å². The Balaban J connectivity index is 2.35. The molecule has 1 aromatic heterocycles. The monoisotopic (exact) mass is 354 g/mol. The molecule has 2 aromatic rings. The minimum Gasteiger partial charge on any atom is -0.366 e. The van der Waals surface area contributed by atoms with Crippen LogP contribution in [-0.2, 0) is 16.3 Å². The van der Waals surface area contributed by atoms with Gasteiger partial charge in [0, 0.05) is 25.4 Å². The van der Waals surface area contributed by atoms with Gasteiger partial charge in [-0.2, -0.15) is 11.3 Å². The van der Waals surface area contributed by atoms with E-state index < -0.39 is 14.8 Å². The van der Waals surface area contributed by atoms with Crippen molar-refractivity contribution in [3.8, 4) is 0 Å². The van der Waals surface area contributed by atoms with Crippen LogP contribution in [-0.4, -0.2) is 32.7 Å². The van der Waals surface area contributed by atoms with Crippen LogP contribution in [0.1, 0.15) is 12.5 Å². The second-order valence-corrected chi connectivity index (χ2v) is 8.27. The summed E-state index contributed by atoms with van der Waals surface area (Å²) in [4.78, 5) is 12.5. The smallest absolute Gasteiger partial charge is 0.293 e. The molecule has 8 heteroatoms. The molecule has 0 spiro atoms. The van der Waals surface area contributed by atoms with Gasteiger partial charge in [-0.15, -0.1) is 0 Å². The van der Waals surface area contributed by atoms with Gasteiger partial charge in [-0.25, -0.2) is 8.42 Å². The molecule has 1 aromatic carbocycles. The Labute approximate surface area is 139 Å². The fourth-order valence-corrected chi connectivity index (χ4v) is 3.63. The molecule has 0 N–H and O–H groups in total. The fraction of sp³-hybridized carbons (Fsp3) is 0.333. The first-order chi connectivity index (χ1) is 10.7. The zero-order valence-electron chi connectivity index (χ0n) is 13.1. The van der Waals surface area contributed by atoms with Crippen molar-refractivity contribution in [3.05, 3.63) is 50.7 Å². The number of hydrogen-bond acceptors (Lipinski definition) is 6. The molecule has 1 atom stereocenters. The van der Waals surface area contributed by atoms with E-state index in [2.05, 4.69) is 0 Å². The summed E-state index contributed by atoms with van der Waals surface area (Å²) in [6.45, 7) is 1.98. The Bertz CT molecular complexity index is 801. The molecular weight excluding hydrogens is 336 g/mol. The van der Waals surface area contributed by atoms with Crippen LogP contribution in [0.5, 0.6) is 0 Å². The Morgan fingerprint density at radius 1 is 1.35 bits per heavy atom. The highest BCUT2D eigenvalue weighted by Gasteiger charge is 2.23. The summed E-state index contributed by atoms with van der Waals surface area (Å²) in [7, 11) is -1.71. The highest BCUT2D eigenvalue weighted by molar-refractivity contribution is 7.90. The first-order valence-corrected chi connectivity index (χ1v) is 9.76. The zero-order chi connectivity index (χ0) is 17.2. The van der Waals surface area contributed by atoms with Crippen LogP contribution in [0.25, 0.3) is 0 Å². The zero-order valence-corrected chi connectivity index (χ0v) is 14.7. The molecule has 0 saturated carbocycles. The number of hydrogen-bond donors (Lipinski definition) is 0. The molecule has 0 saturated heterocycles. The Hall–Kier alpha value is -1.93. The van der Waals surface area contributed by atoms with E-state index in [9.17, 15) is 18.5 Å². The molecule has 0 amide bonds. The summed E-state index contributed by atoms with van der Waals surface area (Å²) in [5.41, 5.74) is 1.38. The number of rotatable bonds is 6. The summed E-state index contributed by atoms with van der Waals surface area (Å²) in [6, 6.07) is 6.09. The van der Waals surface area contributed by atoms with Crippen molar-refractivity contribution in [1.29, 1.82) is 0 Å². The highest BCUT2D eigenvalue weighted by atomic mass is 32.2. The molecule has 0 bridgehead atoms. The van der Waals surface area contributed by atoms with E-state index in [-0.39, 0.29) is 16.6 Å². The molecule has 0 aliphatic heterocycles. The maximum absolute atomic E-state index is 11.6. The van der Waals surface area contributed by atoms with Crippen LogP contribution in [0.15, 0.2) is 39.9 Å². The van der Waals surface area contributed by atoms with Crippen molar-refractivity contribution in [1.82, 2.24) is 0 Å². The summed E-state index contributed by atoms with van der Waals surface area (Å²) in [6.07, 6.45) is 1.79. The van der Waals surface area contributed by atoms with Crippen molar-refractivity contribution in [3.63, 3.8) is 0 Å². The Kier molecular flexibility index (Phi) is 5.06. The van der Waals surface area contributed by atoms with E-state index >= 15 is 0 Å². The predicted molar refractivity (Wildman–Crippen MR) is 92.1 cm³/mol. The molecule has 0 aliphatic carbocycles. The molecule has 23 heavy (non-hydrogen) atoms. The van der Waals surface area contributed by atoms with Crippen LogP contribution in [0.2, 0.25) is 0 Å². The third-order valence-corrected chi connectivity index (χ3v) is 5.57. The summed E-state index contributed by atoms with van der Waals surface area (Å²) in [5, 5.41) is 15.4. The van der Waals surface area contributed by atoms with Crippen molar-refractivity contribution in [2.45, 2.75) is 24.3 Å². The molecule has 0 radical (unpaired) electrons. The van der Waals surface area contributed by atoms with Crippen LogP contribution in [0.3, 0.4) is 0 Å². The number of nitro groups is 1. The molecular formula is C15H18N2O4S2. The van der Waals surface area contributed by atoms with E-state index in [1.807, 2.05) is 28.7 Å². The quantitative estimate of drug-likeness (QED) is 0.588. The highest BCUT2D eigenvalue weighted by Crippen LogP contribution is 2.31. The molecule has 1 unspecified atom stereocenters. The lowest BCUT2D eigenvalue weighted by Crippen LogP contribution is -2.31. The molecule has 6 nitrogen and oxygen atoms in total. The second kappa shape index (κ2) is 6.67. The van der Waals surface area contributed by atoms with E-state index in [4.69, 9.17) is 0 Å². The number of likely N-dealkylation sites (N-methyl/N-ethyl adjacent to an activating group) is 1. The lowest BCUT2D eigenvalue weighted by molar-refractivity contribution is -0.384. The van der Waals surface area contributed by atoms with Gasteiger partial charge in [-0.05, 0) is 47.9 Å². The van der Waals surface area contributed by atoms with Gasteiger partial charge in [-0.1, -0.05) is 0 Å². The van der Waals surface area contributed by atoms with Crippen LogP contribution in [0, 0.1) is 10.1 Å². The maximum atomic E-state index is 11.6. The van der Waals surface area contributed by atoms with Gasteiger partial charge in [0.2, 0.25) is 0 Å². The standard InChI is InChI=1S/C15H18N2O4S2/c1-11(8-12-6-7-22-10-12)16(2)14-5-4-13(23(3,20)21)9-15(14)17(18)19/h4-7,9-11H,8H2,1-3H3. The predicted octanol–water partition coefficient (Wildman–Crippen LogP) is 3.13. The van der Waals surface area contributed by atoms with Crippen molar-refractivity contribution < 1.29 is 13.3 Å². The van der Waals surface area contributed by atoms with E-state index in [1.165, 1.54) is 17.7 Å². The molecule has 0 aliphatic rings. The average Bonchev–Trinajstić information content (AvgIpc) is 2.97. The number of nitro benzene ring substituents is 1. The van der Waals surface area contributed by atoms with Gasteiger partial charge in [0.05, 0.1) is 9.82 Å². The summed E-state index contributed by atoms with van der Waals surface area (Å²) >= 11 is 1.61. The SMILES string of the molecule is CC(Cc1ccsc1)N(C)c1ccc(S(C)(=O)=O)cc1[N+](=O)[O-]. The lowest BCUT2D eigenvalue weighted by atomic mass is 10.1. The minimum atomic E-state index is -3.48. The van der Waals surface area contributed by atoms with Crippen LogP contribution in [0.4, 0.5) is 11.4 Å². The van der Waals surface area contributed by atoms with Crippen molar-refractivity contribution in [2.24, 2.45) is 0 Å². The number of sulfone groups is 1. The number of benzene rings is 1. The third-order valence-electron chi connectivity index (χ3n) is 3.72. The van der Waals surface area contributed by atoms with Gasteiger partial charge in [0.25, 0.3) is 5.69 Å². The summed E-state index contributed by atoms with van der Waals surface area (Å²) < 4.78 is 23.2. The van der Waals surface area contributed by atoms with E-state index in [0.717, 1.165) is 18.7 Å². The summed E-state index contributed by atoms with van der Waals surface area (Å²) in [5.74, 6) is 0. The first-order valence-electron chi connectivity index (χ1n) is 6.92. The lowest BCUT2D eigenvalue weighted by Gasteiger charge is -2.26. The first kappa shape index (κ1) is 17.4. The van der Waals surface area contributed by atoms with Gasteiger partial charge in [0.1, 0.15) is 5.69 Å². The van der Waals surface area contributed by atoms with Gasteiger partial charge in [-0.3, -0.25) is 10.1 Å². The Morgan fingerprint density at radius 3 is 2.57 bits per heavy atom. The normalized spacial score (nSPS) is 12.8. The van der Waals surface area contributed by atoms with Gasteiger partial charge in [0.15, 0.2) is 9.84 Å². The van der Waals surface area contributed by atoms with Crippen LogP contribution >= 0.6 is 11.3 Å². The average molecular weight is 354 g/mol. The number of nitrogens with zero attached hydrogens (tertiary/aromatic N) is 2. The third kappa shape index (κ3) is 4.08. The van der Waals surface area contributed by atoms with E-state index in [0.29, 0.717) is 5.69 Å². The minimum absolute atomic E-state index is 0.0346. The van der Waals surface area contributed by atoms with Crippen LogP contribution < -0.4 is 4.90 Å². The largest absolute Gasteiger partial charge is 0.366 e. The molecule has 1 heterocycles. The molecule has 124 valence electrons.